The van der Waals surface area contributed by atoms with E-state index in [0.717, 1.165) is 23.7 Å². The van der Waals surface area contributed by atoms with Crippen LogP contribution in [-0.2, 0) is 13.2 Å². The Morgan fingerprint density at radius 1 is 1.35 bits per heavy atom. The maximum Gasteiger partial charge on any atom is 0.437 e. The van der Waals surface area contributed by atoms with Crippen molar-refractivity contribution in [2.24, 2.45) is 18.4 Å². The topological polar surface area (TPSA) is 59.0 Å². The van der Waals surface area contributed by atoms with Crippen molar-refractivity contribution >= 4 is 11.7 Å². The molecule has 2 rings (SSSR count). The van der Waals surface area contributed by atoms with Crippen LogP contribution in [0, 0.1) is 11.3 Å². The van der Waals surface area contributed by atoms with Crippen LogP contribution in [0.25, 0.3) is 0 Å². The molecule has 5 nitrogen and oxygen atoms in total. The molecule has 0 saturated heterocycles. The maximum atomic E-state index is 12.8. The monoisotopic (exact) mass is 332 g/mol. The van der Waals surface area contributed by atoms with E-state index in [1.54, 1.807) is 0 Å². The number of amides is 2. The summed E-state index contributed by atoms with van der Waals surface area (Å²) in [6.45, 7) is 4.58. The third-order valence-corrected chi connectivity index (χ3v) is 4.51. The van der Waals surface area contributed by atoms with Crippen LogP contribution in [0.3, 0.4) is 0 Å². The summed E-state index contributed by atoms with van der Waals surface area (Å²) in [5.41, 5.74) is -1.50. The second kappa shape index (κ2) is 6.41. The number of anilines is 1. The van der Waals surface area contributed by atoms with Gasteiger partial charge < -0.3 is 10.6 Å². The Hall–Kier alpha value is -1.73. The molecule has 2 N–H and O–H groups in total. The van der Waals surface area contributed by atoms with Crippen LogP contribution < -0.4 is 10.6 Å². The van der Waals surface area contributed by atoms with E-state index in [0.29, 0.717) is 12.5 Å². The lowest BCUT2D eigenvalue weighted by atomic mass is 9.78. The highest BCUT2D eigenvalue weighted by atomic mass is 19.4. The predicted molar refractivity (Wildman–Crippen MR) is 81.0 cm³/mol. The first-order chi connectivity index (χ1) is 10.6. The van der Waals surface area contributed by atoms with Gasteiger partial charge in [-0.3, -0.25) is 4.68 Å². The summed E-state index contributed by atoms with van der Waals surface area (Å²) >= 11 is 0. The largest absolute Gasteiger partial charge is 0.437 e. The molecule has 1 aliphatic carbocycles. The van der Waals surface area contributed by atoms with Gasteiger partial charge in [-0.2, -0.15) is 18.3 Å². The van der Waals surface area contributed by atoms with Gasteiger partial charge in [0.1, 0.15) is 0 Å². The molecular weight excluding hydrogens is 309 g/mol. The highest BCUT2D eigenvalue weighted by molar-refractivity contribution is 5.89. The van der Waals surface area contributed by atoms with Gasteiger partial charge in [-0.15, -0.1) is 0 Å². The van der Waals surface area contributed by atoms with E-state index in [-0.39, 0.29) is 11.1 Å². The summed E-state index contributed by atoms with van der Waals surface area (Å²) in [6.07, 6.45) is 1.21. The molecule has 0 aromatic carbocycles. The van der Waals surface area contributed by atoms with Crippen LogP contribution in [0.5, 0.6) is 0 Å². The molecule has 8 heteroatoms. The Morgan fingerprint density at radius 3 is 2.52 bits per heavy atom. The first kappa shape index (κ1) is 17.6. The number of aromatic nitrogens is 2. The number of carbonyl (C=O) groups is 1. The molecule has 0 unspecified atom stereocenters. The van der Waals surface area contributed by atoms with Crippen LogP contribution in [0.15, 0.2) is 6.20 Å². The molecule has 130 valence electrons. The molecular formula is C15H23F3N4O. The molecule has 0 atom stereocenters. The number of rotatable bonds is 4. The number of aryl methyl sites for hydroxylation is 1. The number of alkyl halides is 3. The Labute approximate surface area is 133 Å². The van der Waals surface area contributed by atoms with Crippen molar-refractivity contribution in [3.05, 3.63) is 11.9 Å². The molecule has 2 amide bonds. The van der Waals surface area contributed by atoms with Gasteiger partial charge in [-0.1, -0.05) is 26.7 Å². The number of nitrogens with one attached hydrogen (secondary N) is 2. The minimum Gasteiger partial charge on any atom is -0.337 e. The molecule has 0 aliphatic heterocycles. The number of nitrogens with zero attached hydrogens (tertiary/aromatic N) is 2. The van der Waals surface area contributed by atoms with E-state index in [1.165, 1.54) is 19.9 Å². The molecule has 1 fully saturated rings. The van der Waals surface area contributed by atoms with Crippen LogP contribution in [-0.4, -0.2) is 22.4 Å². The van der Waals surface area contributed by atoms with E-state index < -0.39 is 17.9 Å². The van der Waals surface area contributed by atoms with E-state index in [2.05, 4.69) is 29.6 Å². The number of carbonyl (C=O) groups excluding carboxylic acids is 1. The number of halogens is 3. The summed E-state index contributed by atoms with van der Waals surface area (Å²) in [5.74, 6) is 0.534. The van der Waals surface area contributed by atoms with E-state index >= 15 is 0 Å². The van der Waals surface area contributed by atoms with Gasteiger partial charge >= 0.3 is 12.2 Å². The van der Waals surface area contributed by atoms with Gasteiger partial charge in [-0.25, -0.2) is 4.79 Å². The molecule has 0 radical (unpaired) electrons. The fourth-order valence-electron chi connectivity index (χ4n) is 3.12. The van der Waals surface area contributed by atoms with Crippen molar-refractivity contribution in [2.45, 2.75) is 45.7 Å². The van der Waals surface area contributed by atoms with Crippen molar-refractivity contribution in [1.29, 1.82) is 0 Å². The smallest absolute Gasteiger partial charge is 0.337 e. The standard InChI is InChI=1S/C15H23F3N4O/c1-14(2,10-6-4-5-7-10)9-19-13(23)20-11-8-22(3)21-12(11)15(16,17)18/h8,10H,4-7,9H2,1-3H3,(H2,19,20,23). The zero-order valence-electron chi connectivity index (χ0n) is 13.6. The normalized spacial score (nSPS) is 16.6. The summed E-state index contributed by atoms with van der Waals surface area (Å²) < 4.78 is 39.6. The number of hydrogen-bond donors (Lipinski definition) is 2. The van der Waals surface area contributed by atoms with Gasteiger partial charge in [0.05, 0.1) is 5.69 Å². The maximum absolute atomic E-state index is 12.8. The van der Waals surface area contributed by atoms with Crippen LogP contribution in [0.1, 0.15) is 45.2 Å². The van der Waals surface area contributed by atoms with Crippen molar-refractivity contribution in [3.63, 3.8) is 0 Å². The molecule has 0 bridgehead atoms. The van der Waals surface area contributed by atoms with Crippen molar-refractivity contribution in [1.82, 2.24) is 15.1 Å². The lowest BCUT2D eigenvalue weighted by molar-refractivity contribution is -0.140. The Morgan fingerprint density at radius 2 is 1.96 bits per heavy atom. The molecule has 1 aliphatic rings. The van der Waals surface area contributed by atoms with E-state index in [9.17, 15) is 18.0 Å². The molecule has 1 aromatic heterocycles. The molecule has 1 heterocycles. The van der Waals surface area contributed by atoms with Crippen LogP contribution in [0.2, 0.25) is 0 Å². The second-order valence-electron chi connectivity index (χ2n) is 6.84. The average Bonchev–Trinajstić information content (AvgIpc) is 3.05. The Kier molecular flexibility index (Phi) is 4.91. The SMILES string of the molecule is Cn1cc(NC(=O)NCC(C)(C)C2CCCC2)c(C(F)(F)F)n1. The first-order valence-electron chi connectivity index (χ1n) is 7.75. The molecule has 0 spiro atoms. The van der Waals surface area contributed by atoms with E-state index in [4.69, 9.17) is 0 Å². The predicted octanol–water partition coefficient (Wildman–Crippen LogP) is 3.78. The minimum atomic E-state index is -4.60. The number of hydrogen-bond acceptors (Lipinski definition) is 2. The third-order valence-electron chi connectivity index (χ3n) is 4.51. The van der Waals surface area contributed by atoms with Gasteiger partial charge in [0, 0.05) is 19.8 Å². The first-order valence-corrected chi connectivity index (χ1v) is 7.75. The quantitative estimate of drug-likeness (QED) is 0.881. The summed E-state index contributed by atoms with van der Waals surface area (Å²) in [5, 5.41) is 8.29. The van der Waals surface area contributed by atoms with Crippen LogP contribution in [0.4, 0.5) is 23.7 Å². The van der Waals surface area contributed by atoms with Crippen LogP contribution >= 0.6 is 0 Å². The second-order valence-corrected chi connectivity index (χ2v) is 6.84. The fourth-order valence-corrected chi connectivity index (χ4v) is 3.12. The van der Waals surface area contributed by atoms with Crippen molar-refractivity contribution in [2.75, 3.05) is 11.9 Å². The highest BCUT2D eigenvalue weighted by Crippen LogP contribution is 2.39. The van der Waals surface area contributed by atoms with Gasteiger partial charge in [0.15, 0.2) is 5.69 Å². The molecule has 1 saturated carbocycles. The zero-order chi connectivity index (χ0) is 17.3. The lowest BCUT2D eigenvalue weighted by Gasteiger charge is -2.31. The summed E-state index contributed by atoms with van der Waals surface area (Å²) in [6, 6.07) is -0.644. The summed E-state index contributed by atoms with van der Waals surface area (Å²) in [4.78, 5) is 11.9. The highest BCUT2D eigenvalue weighted by Gasteiger charge is 2.38. The summed E-state index contributed by atoms with van der Waals surface area (Å²) in [7, 11) is 1.38. The van der Waals surface area contributed by atoms with Crippen molar-refractivity contribution < 1.29 is 18.0 Å². The van der Waals surface area contributed by atoms with E-state index in [1.807, 2.05) is 0 Å². The lowest BCUT2D eigenvalue weighted by Crippen LogP contribution is -2.40. The molecule has 1 aromatic rings. The Balaban J connectivity index is 1.95. The third kappa shape index (κ3) is 4.39. The average molecular weight is 332 g/mol. The number of urea groups is 1. The van der Waals surface area contributed by atoms with Gasteiger partial charge in [-0.05, 0) is 24.2 Å². The molecule has 23 heavy (non-hydrogen) atoms. The van der Waals surface area contributed by atoms with Crippen molar-refractivity contribution in [3.8, 4) is 0 Å². The zero-order valence-corrected chi connectivity index (χ0v) is 13.6. The van der Waals surface area contributed by atoms with Gasteiger partial charge in [0.25, 0.3) is 0 Å². The Bertz CT molecular complexity index is 560. The fraction of sp³-hybridized carbons (Fsp3) is 0.733. The van der Waals surface area contributed by atoms with Gasteiger partial charge in [0.2, 0.25) is 0 Å². The minimum absolute atomic E-state index is 0.0738.